The molecule has 9 aromatic rings. The Balaban J connectivity index is 1.03. The third-order valence-corrected chi connectivity index (χ3v) is 10.9. The van der Waals surface area contributed by atoms with E-state index in [1.165, 1.54) is 11.1 Å². The molecule has 58 heavy (non-hydrogen) atoms. The van der Waals surface area contributed by atoms with Gasteiger partial charge in [0.05, 0.1) is 17.0 Å². The highest BCUT2D eigenvalue weighted by molar-refractivity contribution is 5.76. The van der Waals surface area contributed by atoms with Crippen molar-refractivity contribution in [2.45, 2.75) is 5.41 Å². The van der Waals surface area contributed by atoms with E-state index < -0.39 is 5.41 Å². The first-order chi connectivity index (χ1) is 28.7. The van der Waals surface area contributed by atoms with Crippen LogP contribution in [0.1, 0.15) is 27.8 Å². The van der Waals surface area contributed by atoms with Crippen molar-refractivity contribution >= 4 is 0 Å². The van der Waals surface area contributed by atoms with E-state index in [-0.39, 0.29) is 0 Å². The zero-order chi connectivity index (χ0) is 38.9. The minimum absolute atomic E-state index is 0.565. The van der Waals surface area contributed by atoms with Gasteiger partial charge < -0.3 is 4.74 Å². The smallest absolute Gasteiger partial charge is 0.164 e. The standard InChI is InChI=1S/C53H34N4O/c54-35-36-13-12-16-42(33-36)37-23-27-40(28-24-37)51-55-50(39-14-4-1-5-15-39)56-52(57-51)41-29-25-38(26-30-41)43-31-32-47-49(34-43)58-48-22-11-10-21-46(48)53(47,44-17-6-2-7-18-44)45-19-8-3-9-20-45/h1-34H. The van der Waals surface area contributed by atoms with Crippen molar-refractivity contribution in [2.75, 3.05) is 0 Å². The van der Waals surface area contributed by atoms with Gasteiger partial charge in [0.1, 0.15) is 11.5 Å². The van der Waals surface area contributed by atoms with Crippen LogP contribution in [0.5, 0.6) is 11.5 Å². The lowest BCUT2D eigenvalue weighted by Crippen LogP contribution is -2.34. The van der Waals surface area contributed by atoms with Crippen molar-refractivity contribution < 1.29 is 4.74 Å². The molecule has 272 valence electrons. The van der Waals surface area contributed by atoms with Crippen molar-refractivity contribution in [3.63, 3.8) is 0 Å². The molecule has 0 unspecified atom stereocenters. The molecule has 0 N–H and O–H groups in total. The van der Waals surface area contributed by atoms with Crippen LogP contribution in [0.15, 0.2) is 206 Å². The Morgan fingerprint density at radius 1 is 0.362 bits per heavy atom. The SMILES string of the molecule is N#Cc1cccc(-c2ccc(-c3nc(-c4ccccc4)nc(-c4ccc(-c5ccc6c(c5)Oc5ccccc5C6(c5ccccc5)c5ccccc5)cc4)n3)cc2)c1. The second-order valence-corrected chi connectivity index (χ2v) is 14.3. The summed E-state index contributed by atoms with van der Waals surface area (Å²) in [5, 5.41) is 9.40. The molecular weight excluding hydrogens is 709 g/mol. The van der Waals surface area contributed by atoms with Crippen LogP contribution in [0.3, 0.4) is 0 Å². The fourth-order valence-corrected chi connectivity index (χ4v) is 8.13. The van der Waals surface area contributed by atoms with Crippen molar-refractivity contribution in [3.05, 3.63) is 234 Å². The van der Waals surface area contributed by atoms with Gasteiger partial charge in [-0.15, -0.1) is 0 Å². The molecule has 10 rings (SSSR count). The lowest BCUT2D eigenvalue weighted by molar-refractivity contribution is 0.435. The second-order valence-electron chi connectivity index (χ2n) is 14.3. The van der Waals surface area contributed by atoms with Gasteiger partial charge in [0.25, 0.3) is 0 Å². The molecule has 0 spiro atoms. The number of para-hydroxylation sites is 1. The van der Waals surface area contributed by atoms with Crippen LogP contribution < -0.4 is 4.74 Å². The maximum Gasteiger partial charge on any atom is 0.164 e. The Hall–Kier alpha value is -7.94. The molecule has 8 aromatic carbocycles. The first kappa shape index (κ1) is 34.5. The van der Waals surface area contributed by atoms with Crippen molar-refractivity contribution in [2.24, 2.45) is 0 Å². The predicted molar refractivity (Wildman–Crippen MR) is 230 cm³/mol. The van der Waals surface area contributed by atoms with Crippen molar-refractivity contribution in [1.82, 2.24) is 15.0 Å². The first-order valence-corrected chi connectivity index (χ1v) is 19.2. The number of rotatable bonds is 7. The largest absolute Gasteiger partial charge is 0.457 e. The quantitative estimate of drug-likeness (QED) is 0.163. The van der Waals surface area contributed by atoms with E-state index in [1.54, 1.807) is 0 Å². The van der Waals surface area contributed by atoms with Crippen LogP contribution in [-0.4, -0.2) is 15.0 Å². The minimum Gasteiger partial charge on any atom is -0.457 e. The monoisotopic (exact) mass is 742 g/mol. The van der Waals surface area contributed by atoms with Gasteiger partial charge in [-0.25, -0.2) is 15.0 Å². The lowest BCUT2D eigenvalue weighted by atomic mass is 9.63. The van der Waals surface area contributed by atoms with Crippen molar-refractivity contribution in [3.8, 4) is 74.0 Å². The third kappa shape index (κ3) is 6.10. The van der Waals surface area contributed by atoms with E-state index >= 15 is 0 Å². The number of nitrogens with zero attached hydrogens (tertiary/aromatic N) is 4. The van der Waals surface area contributed by atoms with Crippen LogP contribution in [0.25, 0.3) is 56.4 Å². The van der Waals surface area contributed by atoms with E-state index in [0.717, 1.165) is 61.6 Å². The summed E-state index contributed by atoms with van der Waals surface area (Å²) in [5.74, 6) is 3.44. The zero-order valence-electron chi connectivity index (χ0n) is 31.3. The topological polar surface area (TPSA) is 71.7 Å². The van der Waals surface area contributed by atoms with E-state index in [4.69, 9.17) is 19.7 Å². The Bertz CT molecular complexity index is 2920. The molecule has 0 atom stereocenters. The third-order valence-electron chi connectivity index (χ3n) is 10.9. The number of benzene rings is 8. The highest BCUT2D eigenvalue weighted by atomic mass is 16.5. The Morgan fingerprint density at radius 2 is 0.793 bits per heavy atom. The molecule has 0 aliphatic carbocycles. The van der Waals surface area contributed by atoms with Gasteiger partial charge in [-0.2, -0.15) is 5.26 Å². The van der Waals surface area contributed by atoms with Crippen LogP contribution >= 0.6 is 0 Å². The number of nitriles is 1. The molecule has 2 heterocycles. The first-order valence-electron chi connectivity index (χ1n) is 19.2. The van der Waals surface area contributed by atoms with Gasteiger partial charge in [-0.3, -0.25) is 0 Å². The molecule has 1 aliphatic heterocycles. The minimum atomic E-state index is -0.565. The molecule has 0 saturated carbocycles. The van der Waals surface area contributed by atoms with E-state index in [0.29, 0.717) is 23.0 Å². The summed E-state index contributed by atoms with van der Waals surface area (Å²) in [6.07, 6.45) is 0. The maximum absolute atomic E-state index is 9.40. The number of ether oxygens (including phenoxy) is 1. The van der Waals surface area contributed by atoms with E-state index in [2.05, 4.69) is 127 Å². The fraction of sp³-hybridized carbons (Fsp3) is 0.0189. The normalized spacial score (nSPS) is 12.4. The van der Waals surface area contributed by atoms with Crippen LogP contribution in [0.2, 0.25) is 0 Å². The van der Waals surface area contributed by atoms with Gasteiger partial charge in [0.2, 0.25) is 0 Å². The Labute approximate surface area is 337 Å². The summed E-state index contributed by atoms with van der Waals surface area (Å²) in [5.41, 5.74) is 11.4. The molecule has 1 aliphatic rings. The van der Waals surface area contributed by atoms with E-state index in [9.17, 15) is 5.26 Å². The second kappa shape index (κ2) is 14.6. The zero-order valence-corrected chi connectivity index (χ0v) is 31.3. The summed E-state index contributed by atoms with van der Waals surface area (Å²) >= 11 is 0. The van der Waals surface area contributed by atoms with Gasteiger partial charge >= 0.3 is 0 Å². The van der Waals surface area contributed by atoms with Gasteiger partial charge in [0, 0.05) is 27.8 Å². The molecule has 5 heteroatoms. The summed E-state index contributed by atoms with van der Waals surface area (Å²) in [7, 11) is 0. The average molecular weight is 743 g/mol. The van der Waals surface area contributed by atoms with Gasteiger partial charge in [-0.05, 0) is 57.6 Å². The molecule has 0 saturated heterocycles. The molecule has 0 fully saturated rings. The summed E-state index contributed by atoms with van der Waals surface area (Å²) < 4.78 is 6.74. The number of fused-ring (bicyclic) bond motifs is 2. The van der Waals surface area contributed by atoms with Gasteiger partial charge in [-0.1, -0.05) is 182 Å². The Kier molecular flexibility index (Phi) is 8.70. The van der Waals surface area contributed by atoms with E-state index in [1.807, 2.05) is 84.9 Å². The number of hydrogen-bond donors (Lipinski definition) is 0. The molecule has 0 bridgehead atoms. The maximum atomic E-state index is 9.40. The predicted octanol–water partition coefficient (Wildman–Crippen LogP) is 12.6. The lowest BCUT2D eigenvalue weighted by Gasteiger charge is -2.41. The summed E-state index contributed by atoms with van der Waals surface area (Å²) in [4.78, 5) is 14.9. The average Bonchev–Trinajstić information content (AvgIpc) is 3.31. The molecule has 0 radical (unpaired) electrons. The molecular formula is C53H34N4O. The van der Waals surface area contributed by atoms with Crippen molar-refractivity contribution in [1.29, 1.82) is 5.26 Å². The fourth-order valence-electron chi connectivity index (χ4n) is 8.13. The summed E-state index contributed by atoms with van der Waals surface area (Å²) in [6.45, 7) is 0. The molecule has 0 amide bonds. The number of hydrogen-bond acceptors (Lipinski definition) is 5. The van der Waals surface area contributed by atoms with Gasteiger partial charge in [0.15, 0.2) is 17.5 Å². The highest BCUT2D eigenvalue weighted by Crippen LogP contribution is 2.55. The van der Waals surface area contributed by atoms with Crippen LogP contribution in [0, 0.1) is 11.3 Å². The van der Waals surface area contributed by atoms with Crippen LogP contribution in [0.4, 0.5) is 0 Å². The van der Waals surface area contributed by atoms with Crippen LogP contribution in [-0.2, 0) is 5.41 Å². The molecule has 5 nitrogen and oxygen atoms in total. The molecule has 1 aromatic heterocycles. The Morgan fingerprint density at radius 3 is 1.36 bits per heavy atom. The summed E-state index contributed by atoms with van der Waals surface area (Å²) in [6, 6.07) is 72.7. The number of aromatic nitrogens is 3. The highest BCUT2D eigenvalue weighted by Gasteiger charge is 2.45.